The molecule has 220 valence electrons. The molecule has 0 radical (unpaired) electrons. The number of carbonyl (C=O) groups excluding carboxylic acids is 4. The Bertz CT molecular complexity index is 1840. The fourth-order valence-electron chi connectivity index (χ4n) is 7.53. The molecule has 4 aliphatic rings. The minimum atomic E-state index is -0.643. The van der Waals surface area contributed by atoms with Crippen molar-refractivity contribution in [2.24, 2.45) is 17.8 Å². The summed E-state index contributed by atoms with van der Waals surface area (Å²) in [5.74, 6) is -2.85. The smallest absolute Gasteiger partial charge is 0.238 e. The van der Waals surface area contributed by atoms with E-state index in [-0.39, 0.29) is 35.6 Å². The van der Waals surface area contributed by atoms with Crippen LogP contribution in [0.2, 0.25) is 0 Å². The van der Waals surface area contributed by atoms with Gasteiger partial charge >= 0.3 is 0 Å². The Morgan fingerprint density at radius 3 is 2.16 bits per heavy atom. The zero-order chi connectivity index (χ0) is 30.9. The van der Waals surface area contributed by atoms with Crippen LogP contribution in [0.3, 0.4) is 0 Å². The van der Waals surface area contributed by atoms with E-state index in [1.807, 2.05) is 74.5 Å². The molecule has 3 aliphatic carbocycles. The van der Waals surface area contributed by atoms with Crippen molar-refractivity contribution in [2.45, 2.75) is 39.5 Å². The van der Waals surface area contributed by atoms with E-state index in [9.17, 15) is 24.3 Å². The molecule has 3 aromatic carbocycles. The van der Waals surface area contributed by atoms with Gasteiger partial charge in [0.2, 0.25) is 11.8 Å². The van der Waals surface area contributed by atoms with E-state index in [1.165, 1.54) is 11.0 Å². The first-order chi connectivity index (χ1) is 21.1. The fraction of sp³-hybridized carbons (Fsp3) is 0.243. The van der Waals surface area contributed by atoms with Crippen LogP contribution in [0.15, 0.2) is 101 Å². The summed E-state index contributed by atoms with van der Waals surface area (Å²) in [6, 6.07) is 20.7. The van der Waals surface area contributed by atoms with Gasteiger partial charge in [0.25, 0.3) is 0 Å². The van der Waals surface area contributed by atoms with E-state index in [0.717, 1.165) is 22.5 Å². The molecule has 7 heteroatoms. The number of nitrogens with zero attached hydrogens (tertiary/aromatic N) is 1. The Morgan fingerprint density at radius 2 is 1.48 bits per heavy atom. The van der Waals surface area contributed by atoms with Gasteiger partial charge < -0.3 is 10.4 Å². The second-order valence-electron chi connectivity index (χ2n) is 12.3. The third-order valence-corrected chi connectivity index (χ3v) is 9.60. The molecule has 1 heterocycles. The van der Waals surface area contributed by atoms with E-state index in [2.05, 4.69) is 5.32 Å². The summed E-state index contributed by atoms with van der Waals surface area (Å²) in [5.41, 5.74) is 6.57. The third kappa shape index (κ3) is 4.26. The summed E-state index contributed by atoms with van der Waals surface area (Å²) < 4.78 is 0. The van der Waals surface area contributed by atoms with Gasteiger partial charge in [-0.15, -0.1) is 0 Å². The Kier molecular flexibility index (Phi) is 6.50. The van der Waals surface area contributed by atoms with E-state index < -0.39 is 23.7 Å². The molecule has 0 spiro atoms. The number of phenolic OH excluding ortho intramolecular Hbond substituents is 1. The number of nitrogens with one attached hydrogen (secondary N) is 1. The number of phenols is 1. The summed E-state index contributed by atoms with van der Waals surface area (Å²) in [5, 5.41) is 13.8. The topological polar surface area (TPSA) is 104 Å². The summed E-state index contributed by atoms with van der Waals surface area (Å²) in [4.78, 5) is 56.3. The summed E-state index contributed by atoms with van der Waals surface area (Å²) in [7, 11) is 0. The van der Waals surface area contributed by atoms with Crippen molar-refractivity contribution in [1.82, 2.24) is 0 Å². The molecule has 1 saturated heterocycles. The zero-order valence-corrected chi connectivity index (χ0v) is 24.8. The molecule has 4 atom stereocenters. The highest BCUT2D eigenvalue weighted by molar-refractivity contribution is 6.25. The standard InChI is InChI=1S/C37H32N2O5/c1-19-15-22(16-20(2)34(19)41)31-26-13-14-27-32(28(26)18-29-30(40)17-21(3)35(42)33(29)31)37(44)39(36(27)43)25-11-9-24(10-12-25)38-23-7-5-4-6-8-23/h4-13,15-17,27-28,31-32,38,41H,14,18H2,1-3H3/t27-,28+,31-,32-/m0/s1. The quantitative estimate of drug-likeness (QED) is 0.209. The van der Waals surface area contributed by atoms with Gasteiger partial charge in [-0.1, -0.05) is 42.0 Å². The van der Waals surface area contributed by atoms with Crippen LogP contribution in [0, 0.1) is 31.6 Å². The van der Waals surface area contributed by atoms with Crippen LogP contribution in [0.5, 0.6) is 5.75 Å². The number of hydrogen-bond donors (Lipinski definition) is 2. The van der Waals surface area contributed by atoms with Crippen LogP contribution in [0.1, 0.15) is 42.4 Å². The maximum absolute atomic E-state index is 14.2. The average molecular weight is 585 g/mol. The van der Waals surface area contributed by atoms with E-state index in [1.54, 1.807) is 19.1 Å². The number of carbonyl (C=O) groups is 4. The number of anilines is 3. The van der Waals surface area contributed by atoms with Gasteiger partial charge in [0, 0.05) is 34.0 Å². The van der Waals surface area contributed by atoms with Gasteiger partial charge in [0.1, 0.15) is 5.75 Å². The molecule has 2 amide bonds. The number of imide groups is 1. The number of fused-ring (bicyclic) bond motifs is 3. The van der Waals surface area contributed by atoms with Crippen molar-refractivity contribution in [3.8, 4) is 5.75 Å². The Morgan fingerprint density at radius 1 is 0.818 bits per heavy atom. The number of aromatic hydroxyl groups is 1. The van der Waals surface area contributed by atoms with Crippen LogP contribution in [0.25, 0.3) is 0 Å². The van der Waals surface area contributed by atoms with Crippen LogP contribution in [0.4, 0.5) is 17.1 Å². The third-order valence-electron chi connectivity index (χ3n) is 9.60. The number of benzene rings is 3. The van der Waals surface area contributed by atoms with Crippen molar-refractivity contribution in [1.29, 1.82) is 0 Å². The molecule has 2 N–H and O–H groups in total. The van der Waals surface area contributed by atoms with E-state index >= 15 is 0 Å². The summed E-state index contributed by atoms with van der Waals surface area (Å²) >= 11 is 0. The van der Waals surface area contributed by atoms with E-state index in [4.69, 9.17) is 0 Å². The number of aryl methyl sites for hydroxylation is 2. The highest BCUT2D eigenvalue weighted by atomic mass is 16.3. The van der Waals surface area contributed by atoms with Crippen LogP contribution < -0.4 is 10.2 Å². The van der Waals surface area contributed by atoms with Crippen molar-refractivity contribution >= 4 is 40.4 Å². The number of allylic oxidation sites excluding steroid dienone is 6. The average Bonchev–Trinajstić information content (AvgIpc) is 3.27. The number of rotatable bonds is 4. The Balaban J connectivity index is 1.26. The first-order valence-electron chi connectivity index (χ1n) is 14.9. The normalized spacial score (nSPS) is 24.5. The molecule has 0 unspecified atom stereocenters. The monoisotopic (exact) mass is 584 g/mol. The lowest BCUT2D eigenvalue weighted by Crippen LogP contribution is -2.39. The van der Waals surface area contributed by atoms with Crippen LogP contribution in [-0.4, -0.2) is 28.5 Å². The number of para-hydroxylation sites is 1. The van der Waals surface area contributed by atoms with E-state index in [0.29, 0.717) is 40.0 Å². The first kappa shape index (κ1) is 27.8. The van der Waals surface area contributed by atoms with Gasteiger partial charge in [0.05, 0.1) is 17.5 Å². The summed E-state index contributed by atoms with van der Waals surface area (Å²) in [6.45, 7) is 5.27. The van der Waals surface area contributed by atoms with Gasteiger partial charge in [-0.05, 0) is 98.7 Å². The fourth-order valence-corrected chi connectivity index (χ4v) is 7.53. The first-order valence-corrected chi connectivity index (χ1v) is 14.9. The minimum Gasteiger partial charge on any atom is -0.507 e. The molecule has 44 heavy (non-hydrogen) atoms. The Labute approximate surface area is 255 Å². The van der Waals surface area contributed by atoms with Crippen molar-refractivity contribution in [2.75, 3.05) is 10.2 Å². The highest BCUT2D eigenvalue weighted by Gasteiger charge is 2.56. The highest BCUT2D eigenvalue weighted by Crippen LogP contribution is 2.55. The van der Waals surface area contributed by atoms with Crippen LogP contribution in [-0.2, 0) is 19.2 Å². The SMILES string of the molecule is CC1=CC(=O)C2=C(C1=O)[C@@H](c1cc(C)c(O)c(C)c1)C1=CC[C@@H]3C(=O)N(c4ccc(Nc5ccccc5)cc4)C(=O)[C@@H]3[C@@H]1C2. The lowest BCUT2D eigenvalue weighted by Gasteiger charge is -2.42. The lowest BCUT2D eigenvalue weighted by molar-refractivity contribution is -0.123. The van der Waals surface area contributed by atoms with Crippen molar-refractivity contribution < 1.29 is 24.3 Å². The molecule has 1 fully saturated rings. The van der Waals surface area contributed by atoms with Gasteiger partial charge in [0.15, 0.2) is 11.6 Å². The number of hydrogen-bond acceptors (Lipinski definition) is 6. The van der Waals surface area contributed by atoms with Crippen molar-refractivity contribution in [3.63, 3.8) is 0 Å². The largest absolute Gasteiger partial charge is 0.507 e. The number of Topliss-reactive ketones (excluding diaryl/α,β-unsaturated/α-hetero) is 1. The van der Waals surface area contributed by atoms with Gasteiger partial charge in [-0.3, -0.25) is 24.1 Å². The molecular weight excluding hydrogens is 552 g/mol. The second-order valence-corrected chi connectivity index (χ2v) is 12.3. The maximum atomic E-state index is 14.2. The lowest BCUT2D eigenvalue weighted by atomic mass is 9.59. The number of amides is 2. The molecule has 1 aliphatic heterocycles. The minimum absolute atomic E-state index is 0.172. The molecule has 0 bridgehead atoms. The van der Waals surface area contributed by atoms with Gasteiger partial charge in [-0.2, -0.15) is 0 Å². The predicted octanol–water partition coefficient (Wildman–Crippen LogP) is 6.39. The van der Waals surface area contributed by atoms with Crippen molar-refractivity contribution in [3.05, 3.63) is 118 Å². The summed E-state index contributed by atoms with van der Waals surface area (Å²) in [6.07, 6.45) is 4.01. The maximum Gasteiger partial charge on any atom is 0.238 e. The predicted molar refractivity (Wildman–Crippen MR) is 168 cm³/mol. The molecule has 3 aromatic rings. The molecule has 0 saturated carbocycles. The number of ketones is 2. The Hall–Kier alpha value is -5.04. The zero-order valence-electron chi connectivity index (χ0n) is 24.8. The van der Waals surface area contributed by atoms with Crippen LogP contribution >= 0.6 is 0 Å². The second kappa shape index (κ2) is 10.3. The molecular formula is C37H32N2O5. The molecule has 7 nitrogen and oxygen atoms in total. The molecule has 0 aromatic heterocycles. The molecule has 7 rings (SSSR count). The van der Waals surface area contributed by atoms with Gasteiger partial charge in [-0.25, -0.2) is 0 Å².